The highest BCUT2D eigenvalue weighted by Gasteiger charge is 2.25. The molecule has 0 spiro atoms. The van der Waals surface area contributed by atoms with Crippen LogP contribution in [-0.2, 0) is 6.42 Å². The molecule has 0 aliphatic carbocycles. The molecule has 1 atom stereocenters. The van der Waals surface area contributed by atoms with Gasteiger partial charge in [-0.25, -0.2) is 0 Å². The maximum atomic E-state index is 5.95. The molecule has 4 heteroatoms. The largest absolute Gasteiger partial charge is 0.494 e. The molecule has 4 rings (SSSR count). The van der Waals surface area contributed by atoms with Crippen molar-refractivity contribution in [3.8, 4) is 17.2 Å². The van der Waals surface area contributed by atoms with Crippen LogP contribution in [0.25, 0.3) is 0 Å². The topological polar surface area (TPSA) is 39.7 Å². The number of ether oxygens (including phenoxy) is 3. The minimum Gasteiger partial charge on any atom is -0.494 e. The van der Waals surface area contributed by atoms with Crippen molar-refractivity contribution >= 4 is 0 Å². The van der Waals surface area contributed by atoms with E-state index in [0.717, 1.165) is 43.2 Å². The van der Waals surface area contributed by atoms with Crippen molar-refractivity contribution in [2.45, 2.75) is 32.7 Å². The molecule has 2 aliphatic rings. The van der Waals surface area contributed by atoms with Crippen LogP contribution in [0.15, 0.2) is 36.4 Å². The number of rotatable bonds is 5. The molecule has 2 aromatic rings. The zero-order valence-corrected chi connectivity index (χ0v) is 15.6. The van der Waals surface area contributed by atoms with E-state index in [9.17, 15) is 0 Å². The minimum absolute atomic E-state index is 0.156. The fourth-order valence-electron chi connectivity index (χ4n) is 3.59. The second-order valence-corrected chi connectivity index (χ2v) is 7.44. The van der Waals surface area contributed by atoms with Crippen LogP contribution in [0, 0.1) is 5.92 Å². The van der Waals surface area contributed by atoms with E-state index in [1.54, 1.807) is 0 Å². The molecular formula is C22H27NO3. The van der Waals surface area contributed by atoms with Gasteiger partial charge in [-0.05, 0) is 59.7 Å². The van der Waals surface area contributed by atoms with Crippen LogP contribution in [0.1, 0.15) is 43.0 Å². The van der Waals surface area contributed by atoms with Crippen LogP contribution >= 0.6 is 0 Å². The first-order chi connectivity index (χ1) is 12.7. The van der Waals surface area contributed by atoms with E-state index >= 15 is 0 Å². The Hall–Kier alpha value is -2.20. The SMILES string of the molecule is CC(C)CCOc1cccc(C2NCCc3cc4c(cc32)OCCO4)c1. The Kier molecular flexibility index (Phi) is 5.02. The maximum absolute atomic E-state index is 5.95. The van der Waals surface area contributed by atoms with E-state index in [0.29, 0.717) is 19.1 Å². The predicted molar refractivity (Wildman–Crippen MR) is 102 cm³/mol. The molecule has 0 amide bonds. The molecule has 4 nitrogen and oxygen atoms in total. The summed E-state index contributed by atoms with van der Waals surface area (Å²) >= 11 is 0. The van der Waals surface area contributed by atoms with Gasteiger partial charge in [-0.2, -0.15) is 0 Å². The van der Waals surface area contributed by atoms with Gasteiger partial charge in [0.2, 0.25) is 0 Å². The van der Waals surface area contributed by atoms with Crippen molar-refractivity contribution in [1.82, 2.24) is 5.32 Å². The third-order valence-corrected chi connectivity index (χ3v) is 5.01. The van der Waals surface area contributed by atoms with E-state index < -0.39 is 0 Å². The molecule has 0 radical (unpaired) electrons. The van der Waals surface area contributed by atoms with Gasteiger partial charge >= 0.3 is 0 Å². The molecule has 2 aromatic carbocycles. The molecule has 0 aromatic heterocycles. The average Bonchev–Trinajstić information content (AvgIpc) is 2.66. The predicted octanol–water partition coefficient (Wildman–Crippen LogP) is 4.12. The molecule has 0 fully saturated rings. The van der Waals surface area contributed by atoms with Crippen LogP contribution in [0.2, 0.25) is 0 Å². The fourth-order valence-corrected chi connectivity index (χ4v) is 3.59. The summed E-state index contributed by atoms with van der Waals surface area (Å²) in [6.45, 7) is 7.39. The summed E-state index contributed by atoms with van der Waals surface area (Å²) in [5.41, 5.74) is 3.84. The second kappa shape index (κ2) is 7.58. The summed E-state index contributed by atoms with van der Waals surface area (Å²) in [6.07, 6.45) is 2.07. The summed E-state index contributed by atoms with van der Waals surface area (Å²) in [6, 6.07) is 12.9. The van der Waals surface area contributed by atoms with Crippen molar-refractivity contribution in [1.29, 1.82) is 0 Å². The molecule has 2 aliphatic heterocycles. The van der Waals surface area contributed by atoms with E-state index in [1.807, 2.05) is 6.07 Å². The van der Waals surface area contributed by atoms with Gasteiger partial charge in [0.05, 0.1) is 12.6 Å². The molecule has 1 unspecified atom stereocenters. The molecule has 26 heavy (non-hydrogen) atoms. The monoisotopic (exact) mass is 353 g/mol. The Bertz CT molecular complexity index is 772. The minimum atomic E-state index is 0.156. The van der Waals surface area contributed by atoms with Gasteiger partial charge in [0.25, 0.3) is 0 Å². The Morgan fingerprint density at radius 1 is 1.12 bits per heavy atom. The Morgan fingerprint density at radius 2 is 1.92 bits per heavy atom. The lowest BCUT2D eigenvalue weighted by Crippen LogP contribution is -2.31. The van der Waals surface area contributed by atoms with Crippen molar-refractivity contribution < 1.29 is 14.2 Å². The van der Waals surface area contributed by atoms with E-state index in [4.69, 9.17) is 14.2 Å². The highest BCUT2D eigenvalue weighted by Crippen LogP contribution is 2.39. The Labute approximate surface area is 155 Å². The van der Waals surface area contributed by atoms with Crippen LogP contribution in [-0.4, -0.2) is 26.4 Å². The Morgan fingerprint density at radius 3 is 2.73 bits per heavy atom. The summed E-state index contributed by atoms with van der Waals surface area (Å²) in [5, 5.41) is 3.65. The first-order valence-corrected chi connectivity index (χ1v) is 9.59. The van der Waals surface area contributed by atoms with Crippen LogP contribution in [0.4, 0.5) is 0 Å². The van der Waals surface area contributed by atoms with Crippen molar-refractivity contribution in [2.24, 2.45) is 5.92 Å². The number of benzene rings is 2. The van der Waals surface area contributed by atoms with Crippen molar-refractivity contribution in [2.75, 3.05) is 26.4 Å². The quantitative estimate of drug-likeness (QED) is 0.878. The van der Waals surface area contributed by atoms with Crippen molar-refractivity contribution in [3.63, 3.8) is 0 Å². The molecule has 0 bridgehead atoms. The van der Waals surface area contributed by atoms with E-state index in [2.05, 4.69) is 49.5 Å². The van der Waals surface area contributed by atoms with Gasteiger partial charge in [-0.1, -0.05) is 26.0 Å². The first kappa shape index (κ1) is 17.2. The van der Waals surface area contributed by atoms with E-state index in [1.165, 1.54) is 16.7 Å². The normalized spacial score (nSPS) is 18.5. The van der Waals surface area contributed by atoms with Crippen LogP contribution in [0.5, 0.6) is 17.2 Å². The van der Waals surface area contributed by atoms with Gasteiger partial charge in [-0.15, -0.1) is 0 Å². The second-order valence-electron chi connectivity index (χ2n) is 7.44. The number of hydrogen-bond donors (Lipinski definition) is 1. The van der Waals surface area contributed by atoms with Gasteiger partial charge in [-0.3, -0.25) is 0 Å². The maximum Gasteiger partial charge on any atom is 0.161 e. The zero-order chi connectivity index (χ0) is 17.9. The smallest absolute Gasteiger partial charge is 0.161 e. The highest BCUT2D eigenvalue weighted by atomic mass is 16.6. The van der Waals surface area contributed by atoms with Gasteiger partial charge in [0, 0.05) is 6.54 Å². The van der Waals surface area contributed by atoms with Crippen LogP contribution in [0.3, 0.4) is 0 Å². The summed E-state index contributed by atoms with van der Waals surface area (Å²) in [5.74, 6) is 3.32. The summed E-state index contributed by atoms with van der Waals surface area (Å²) < 4.78 is 17.5. The zero-order valence-electron chi connectivity index (χ0n) is 15.6. The number of hydrogen-bond acceptors (Lipinski definition) is 4. The molecule has 138 valence electrons. The average molecular weight is 353 g/mol. The Balaban J connectivity index is 1.59. The molecule has 0 saturated heterocycles. The molecule has 0 saturated carbocycles. The lowest BCUT2D eigenvalue weighted by Gasteiger charge is -2.30. The summed E-state index contributed by atoms with van der Waals surface area (Å²) in [4.78, 5) is 0. The van der Waals surface area contributed by atoms with Gasteiger partial charge in [0.1, 0.15) is 19.0 Å². The van der Waals surface area contributed by atoms with Gasteiger partial charge in [0.15, 0.2) is 11.5 Å². The third-order valence-electron chi connectivity index (χ3n) is 5.01. The van der Waals surface area contributed by atoms with Crippen LogP contribution < -0.4 is 19.5 Å². The lowest BCUT2D eigenvalue weighted by molar-refractivity contribution is 0.171. The highest BCUT2D eigenvalue weighted by molar-refractivity contribution is 5.52. The van der Waals surface area contributed by atoms with Crippen molar-refractivity contribution in [3.05, 3.63) is 53.1 Å². The number of nitrogens with one attached hydrogen (secondary N) is 1. The molecule has 1 N–H and O–H groups in total. The van der Waals surface area contributed by atoms with E-state index in [-0.39, 0.29) is 6.04 Å². The standard InChI is InChI=1S/C22H27NO3/c1-15(2)7-9-24-18-5-3-4-17(12-18)22-19-14-21-20(25-10-11-26-21)13-16(19)6-8-23-22/h3-5,12-15,22-23H,6-11H2,1-2H3. The fraction of sp³-hybridized carbons (Fsp3) is 0.455. The third kappa shape index (κ3) is 3.65. The first-order valence-electron chi connectivity index (χ1n) is 9.59. The summed E-state index contributed by atoms with van der Waals surface area (Å²) in [7, 11) is 0. The lowest BCUT2D eigenvalue weighted by atomic mass is 9.89. The molecular weight excluding hydrogens is 326 g/mol. The molecule has 2 heterocycles. The van der Waals surface area contributed by atoms with Gasteiger partial charge < -0.3 is 19.5 Å². The number of fused-ring (bicyclic) bond motifs is 2.